The Bertz CT molecular complexity index is 532. The molecule has 0 atom stereocenters. The second-order valence-corrected chi connectivity index (χ2v) is 3.97. The van der Waals surface area contributed by atoms with Gasteiger partial charge >= 0.3 is 0 Å². The van der Waals surface area contributed by atoms with Gasteiger partial charge in [0, 0.05) is 37.9 Å². The summed E-state index contributed by atoms with van der Waals surface area (Å²) in [7, 11) is 0. The zero-order valence-corrected chi connectivity index (χ0v) is 10.4. The summed E-state index contributed by atoms with van der Waals surface area (Å²) in [5, 5.41) is 7.13. The first-order chi connectivity index (χ1) is 8.81. The normalized spacial score (nSPS) is 10.5. The fourth-order valence-corrected chi connectivity index (χ4v) is 1.71. The molecule has 1 N–H and O–H groups in total. The maximum atomic E-state index is 12.0. The van der Waals surface area contributed by atoms with Crippen LogP contribution in [-0.2, 0) is 13.1 Å². The van der Waals surface area contributed by atoms with Crippen LogP contribution in [0.4, 0.5) is 5.82 Å². The van der Waals surface area contributed by atoms with E-state index in [0.29, 0.717) is 18.9 Å². The van der Waals surface area contributed by atoms with Crippen molar-refractivity contribution >= 4 is 5.82 Å². The highest BCUT2D eigenvalue weighted by Crippen LogP contribution is 1.94. The third-order valence-corrected chi connectivity index (χ3v) is 2.57. The Balaban J connectivity index is 1.97. The maximum absolute atomic E-state index is 12.0. The van der Waals surface area contributed by atoms with Crippen LogP contribution in [0.2, 0.25) is 0 Å². The average molecular weight is 247 g/mol. The summed E-state index contributed by atoms with van der Waals surface area (Å²) in [5.74, 6) is 0.401. The molecule has 0 saturated heterocycles. The van der Waals surface area contributed by atoms with Crippen LogP contribution in [0.15, 0.2) is 35.6 Å². The van der Waals surface area contributed by atoms with Gasteiger partial charge < -0.3 is 9.88 Å². The number of rotatable bonds is 6. The van der Waals surface area contributed by atoms with Crippen LogP contribution in [0.25, 0.3) is 0 Å². The minimum atomic E-state index is -0.0696. The molecular formula is C12H17N5O. The lowest BCUT2D eigenvalue weighted by Crippen LogP contribution is -2.25. The number of anilines is 1. The molecule has 0 spiro atoms. The standard InChI is InChI=1S/C12H17N5O/c1-2-7-16-9-5-13-11(12(16)18)14-6-10-17-8-3-4-15-17/h3-5,8-9H,2,6-7,10H2,1H3,(H,13,14). The Morgan fingerprint density at radius 3 is 2.89 bits per heavy atom. The van der Waals surface area contributed by atoms with Crippen molar-refractivity contribution in [3.8, 4) is 0 Å². The predicted octanol–water partition coefficient (Wildman–Crippen LogP) is 0.962. The van der Waals surface area contributed by atoms with Gasteiger partial charge in [-0.1, -0.05) is 6.92 Å². The first-order valence-electron chi connectivity index (χ1n) is 6.08. The molecule has 0 unspecified atom stereocenters. The van der Waals surface area contributed by atoms with Gasteiger partial charge in [0.2, 0.25) is 0 Å². The molecule has 0 bridgehead atoms. The summed E-state index contributed by atoms with van der Waals surface area (Å²) >= 11 is 0. The molecule has 0 aromatic carbocycles. The van der Waals surface area contributed by atoms with Crippen LogP contribution in [0.3, 0.4) is 0 Å². The topological polar surface area (TPSA) is 64.7 Å². The Kier molecular flexibility index (Phi) is 4.11. The summed E-state index contributed by atoms with van der Waals surface area (Å²) < 4.78 is 3.48. The summed E-state index contributed by atoms with van der Waals surface area (Å²) in [5.41, 5.74) is -0.0696. The van der Waals surface area contributed by atoms with Crippen LogP contribution in [-0.4, -0.2) is 25.9 Å². The maximum Gasteiger partial charge on any atom is 0.293 e. The van der Waals surface area contributed by atoms with E-state index in [-0.39, 0.29) is 5.56 Å². The Hall–Kier alpha value is -2.11. The van der Waals surface area contributed by atoms with Crippen LogP contribution >= 0.6 is 0 Å². The zero-order chi connectivity index (χ0) is 12.8. The second-order valence-electron chi connectivity index (χ2n) is 3.97. The number of aromatic nitrogens is 4. The Morgan fingerprint density at radius 1 is 1.28 bits per heavy atom. The van der Waals surface area contributed by atoms with Crippen molar-refractivity contribution in [3.63, 3.8) is 0 Å². The van der Waals surface area contributed by atoms with E-state index in [1.165, 1.54) is 0 Å². The molecule has 6 nitrogen and oxygen atoms in total. The number of nitrogens with zero attached hydrogens (tertiary/aromatic N) is 4. The van der Waals surface area contributed by atoms with Gasteiger partial charge in [0.1, 0.15) is 0 Å². The average Bonchev–Trinajstić information content (AvgIpc) is 2.87. The molecule has 18 heavy (non-hydrogen) atoms. The summed E-state index contributed by atoms with van der Waals surface area (Å²) in [6.45, 7) is 4.09. The van der Waals surface area contributed by atoms with Crippen LogP contribution < -0.4 is 10.9 Å². The van der Waals surface area contributed by atoms with Gasteiger partial charge in [-0.15, -0.1) is 0 Å². The summed E-state index contributed by atoms with van der Waals surface area (Å²) in [4.78, 5) is 16.0. The van der Waals surface area contributed by atoms with Crippen molar-refractivity contribution < 1.29 is 0 Å². The molecule has 2 aromatic heterocycles. The van der Waals surface area contributed by atoms with E-state index in [4.69, 9.17) is 0 Å². The smallest absolute Gasteiger partial charge is 0.293 e. The predicted molar refractivity (Wildman–Crippen MR) is 69.5 cm³/mol. The van der Waals surface area contributed by atoms with E-state index < -0.39 is 0 Å². The van der Waals surface area contributed by atoms with Gasteiger partial charge in [0.15, 0.2) is 5.82 Å². The van der Waals surface area contributed by atoms with Gasteiger partial charge in [-0.2, -0.15) is 5.10 Å². The zero-order valence-electron chi connectivity index (χ0n) is 10.4. The molecule has 0 aliphatic heterocycles. The third kappa shape index (κ3) is 2.97. The van der Waals surface area contributed by atoms with E-state index in [1.807, 2.05) is 19.2 Å². The first kappa shape index (κ1) is 12.3. The minimum Gasteiger partial charge on any atom is -0.364 e. The van der Waals surface area contributed by atoms with E-state index in [0.717, 1.165) is 13.0 Å². The lowest BCUT2D eigenvalue weighted by atomic mass is 10.4. The molecule has 2 rings (SSSR count). The van der Waals surface area contributed by atoms with Crippen molar-refractivity contribution in [3.05, 3.63) is 41.2 Å². The SMILES string of the molecule is CCCn1ccnc(NCCn2cccn2)c1=O. The molecule has 0 aliphatic carbocycles. The van der Waals surface area contributed by atoms with E-state index in [1.54, 1.807) is 27.8 Å². The van der Waals surface area contributed by atoms with Gasteiger partial charge in [-0.05, 0) is 12.5 Å². The monoisotopic (exact) mass is 247 g/mol. The molecule has 0 fully saturated rings. The van der Waals surface area contributed by atoms with Crippen molar-refractivity contribution in [2.75, 3.05) is 11.9 Å². The largest absolute Gasteiger partial charge is 0.364 e. The molecular weight excluding hydrogens is 230 g/mol. The molecule has 2 heterocycles. The van der Waals surface area contributed by atoms with E-state index >= 15 is 0 Å². The Morgan fingerprint density at radius 2 is 2.17 bits per heavy atom. The van der Waals surface area contributed by atoms with Gasteiger partial charge in [-0.25, -0.2) is 4.98 Å². The van der Waals surface area contributed by atoms with Crippen molar-refractivity contribution in [2.24, 2.45) is 0 Å². The van der Waals surface area contributed by atoms with Gasteiger partial charge in [0.25, 0.3) is 5.56 Å². The van der Waals surface area contributed by atoms with Crippen LogP contribution in [0, 0.1) is 0 Å². The highest BCUT2D eigenvalue weighted by atomic mass is 16.1. The van der Waals surface area contributed by atoms with Crippen molar-refractivity contribution in [2.45, 2.75) is 26.4 Å². The molecule has 2 aromatic rings. The van der Waals surface area contributed by atoms with E-state index in [2.05, 4.69) is 15.4 Å². The first-order valence-corrected chi connectivity index (χ1v) is 6.08. The lowest BCUT2D eigenvalue weighted by Gasteiger charge is -2.08. The number of nitrogens with one attached hydrogen (secondary N) is 1. The van der Waals surface area contributed by atoms with Crippen molar-refractivity contribution in [1.29, 1.82) is 0 Å². The number of hydrogen-bond donors (Lipinski definition) is 1. The number of aryl methyl sites for hydroxylation is 1. The highest BCUT2D eigenvalue weighted by molar-refractivity contribution is 5.30. The fourth-order valence-electron chi connectivity index (χ4n) is 1.71. The molecule has 6 heteroatoms. The second kappa shape index (κ2) is 6.00. The molecule has 0 aliphatic rings. The van der Waals surface area contributed by atoms with Gasteiger partial charge in [0.05, 0.1) is 6.54 Å². The van der Waals surface area contributed by atoms with Crippen LogP contribution in [0.1, 0.15) is 13.3 Å². The fraction of sp³-hybridized carbons (Fsp3) is 0.417. The van der Waals surface area contributed by atoms with E-state index in [9.17, 15) is 4.79 Å². The summed E-state index contributed by atoms with van der Waals surface area (Å²) in [6.07, 6.45) is 7.90. The van der Waals surface area contributed by atoms with Crippen molar-refractivity contribution in [1.82, 2.24) is 19.3 Å². The minimum absolute atomic E-state index is 0.0696. The summed E-state index contributed by atoms with van der Waals surface area (Å²) in [6, 6.07) is 1.87. The molecule has 0 amide bonds. The molecule has 0 saturated carbocycles. The third-order valence-electron chi connectivity index (χ3n) is 2.57. The Labute approximate surface area is 105 Å². The van der Waals surface area contributed by atoms with Crippen LogP contribution in [0.5, 0.6) is 0 Å². The molecule has 0 radical (unpaired) electrons. The number of hydrogen-bond acceptors (Lipinski definition) is 4. The quantitative estimate of drug-likeness (QED) is 0.825. The van der Waals surface area contributed by atoms with Gasteiger partial charge in [-0.3, -0.25) is 9.48 Å². The molecule has 96 valence electrons. The highest BCUT2D eigenvalue weighted by Gasteiger charge is 2.03. The lowest BCUT2D eigenvalue weighted by molar-refractivity contribution is 0.630.